The van der Waals surface area contributed by atoms with Crippen LogP contribution in [0.25, 0.3) is 0 Å². The molecule has 158 valence electrons. The van der Waals surface area contributed by atoms with E-state index in [1.807, 2.05) is 0 Å². The van der Waals surface area contributed by atoms with Gasteiger partial charge in [-0.3, -0.25) is 9.59 Å². The van der Waals surface area contributed by atoms with Gasteiger partial charge in [-0.25, -0.2) is 8.42 Å². The molecule has 0 atom stereocenters. The molecule has 0 saturated heterocycles. The minimum Gasteiger partial charge on any atom is -0.353 e. The predicted molar refractivity (Wildman–Crippen MR) is 112 cm³/mol. The lowest BCUT2D eigenvalue weighted by molar-refractivity contribution is -0.121. The summed E-state index contributed by atoms with van der Waals surface area (Å²) in [6.07, 6.45) is 9.63. The van der Waals surface area contributed by atoms with Crippen molar-refractivity contribution in [3.63, 3.8) is 0 Å². The molecule has 2 heterocycles. The lowest BCUT2D eigenvalue weighted by Gasteiger charge is -2.25. The molecule has 1 saturated carbocycles. The molecule has 1 aliphatic carbocycles. The molecule has 1 aromatic rings. The zero-order valence-electron chi connectivity index (χ0n) is 16.9. The molecule has 1 N–H and O–H groups in total. The van der Waals surface area contributed by atoms with E-state index in [1.54, 1.807) is 17.0 Å². The summed E-state index contributed by atoms with van der Waals surface area (Å²) in [7, 11) is -3.53. The van der Waals surface area contributed by atoms with E-state index in [1.165, 1.54) is 19.3 Å². The van der Waals surface area contributed by atoms with Gasteiger partial charge in [-0.1, -0.05) is 32.1 Å². The van der Waals surface area contributed by atoms with Crippen molar-refractivity contribution < 1.29 is 18.0 Å². The zero-order valence-corrected chi connectivity index (χ0v) is 17.7. The molecule has 0 radical (unpaired) electrons. The molecule has 0 bridgehead atoms. The van der Waals surface area contributed by atoms with E-state index in [-0.39, 0.29) is 30.0 Å². The van der Waals surface area contributed by atoms with E-state index in [0.29, 0.717) is 30.7 Å². The summed E-state index contributed by atoms with van der Waals surface area (Å²) in [6, 6.07) is 3.60. The third kappa shape index (κ3) is 4.49. The second-order valence-electron chi connectivity index (χ2n) is 8.56. The topological polar surface area (TPSA) is 83.6 Å². The number of aryl methyl sites for hydroxylation is 1. The Morgan fingerprint density at radius 3 is 2.38 bits per heavy atom. The van der Waals surface area contributed by atoms with Crippen LogP contribution in [0.1, 0.15) is 68.9 Å². The largest absolute Gasteiger partial charge is 0.353 e. The van der Waals surface area contributed by atoms with Crippen LogP contribution in [0, 0.1) is 0 Å². The molecule has 3 aliphatic rings. The van der Waals surface area contributed by atoms with Crippen LogP contribution in [0.3, 0.4) is 0 Å². The van der Waals surface area contributed by atoms with Crippen LogP contribution in [0.2, 0.25) is 0 Å². The molecule has 1 aromatic carbocycles. The highest BCUT2D eigenvalue weighted by atomic mass is 32.2. The van der Waals surface area contributed by atoms with Crippen LogP contribution in [0.4, 0.5) is 5.69 Å². The van der Waals surface area contributed by atoms with E-state index in [0.717, 1.165) is 42.5 Å². The smallest absolute Gasteiger partial charge is 0.227 e. The van der Waals surface area contributed by atoms with Crippen molar-refractivity contribution in [2.24, 2.45) is 0 Å². The van der Waals surface area contributed by atoms with Crippen molar-refractivity contribution in [2.45, 2.75) is 81.6 Å². The highest BCUT2D eigenvalue weighted by Crippen LogP contribution is 2.38. The van der Waals surface area contributed by atoms with Crippen molar-refractivity contribution in [1.82, 2.24) is 5.32 Å². The van der Waals surface area contributed by atoms with Crippen LogP contribution < -0.4 is 10.2 Å². The number of rotatable bonds is 5. The number of amides is 2. The van der Waals surface area contributed by atoms with Crippen LogP contribution in [0.5, 0.6) is 0 Å². The molecule has 29 heavy (non-hydrogen) atoms. The Bertz CT molecular complexity index is 902. The van der Waals surface area contributed by atoms with Crippen LogP contribution in [-0.2, 0) is 32.3 Å². The Balaban J connectivity index is 1.40. The number of hydrogen-bond acceptors (Lipinski definition) is 4. The fourth-order valence-corrected chi connectivity index (χ4v) is 6.18. The number of hydrogen-bond donors (Lipinski definition) is 1. The number of carbonyl (C=O) groups excluding carboxylic acids is 2. The van der Waals surface area contributed by atoms with Gasteiger partial charge in [-0.15, -0.1) is 0 Å². The first-order chi connectivity index (χ1) is 13.9. The third-order valence-corrected chi connectivity index (χ3v) is 8.15. The van der Waals surface area contributed by atoms with E-state index in [4.69, 9.17) is 0 Å². The van der Waals surface area contributed by atoms with Gasteiger partial charge in [0.2, 0.25) is 11.8 Å². The molecule has 6 nitrogen and oxygen atoms in total. The van der Waals surface area contributed by atoms with Gasteiger partial charge in [-0.05, 0) is 48.9 Å². The van der Waals surface area contributed by atoms with Gasteiger partial charge < -0.3 is 10.2 Å². The molecule has 0 unspecified atom stereocenters. The van der Waals surface area contributed by atoms with Gasteiger partial charge in [-0.2, -0.15) is 0 Å². The Morgan fingerprint density at radius 1 is 1.00 bits per heavy atom. The predicted octanol–water partition coefficient (Wildman–Crippen LogP) is 2.91. The monoisotopic (exact) mass is 418 g/mol. The van der Waals surface area contributed by atoms with Gasteiger partial charge in [0.25, 0.3) is 0 Å². The Morgan fingerprint density at radius 2 is 1.66 bits per heavy atom. The summed E-state index contributed by atoms with van der Waals surface area (Å²) in [5.41, 5.74) is 2.80. The lowest BCUT2D eigenvalue weighted by atomic mass is 9.97. The van der Waals surface area contributed by atoms with E-state index in [9.17, 15) is 18.0 Å². The maximum Gasteiger partial charge on any atom is 0.227 e. The highest BCUT2D eigenvalue weighted by molar-refractivity contribution is 7.91. The summed E-state index contributed by atoms with van der Waals surface area (Å²) in [5.74, 6) is -0.219. The summed E-state index contributed by atoms with van der Waals surface area (Å²) < 4.78 is 25.8. The van der Waals surface area contributed by atoms with Gasteiger partial charge in [0.1, 0.15) is 0 Å². The maximum atomic E-state index is 12.9. The second kappa shape index (κ2) is 8.46. The fraction of sp³-hybridized carbons (Fsp3) is 0.636. The SMILES string of the molecule is O=C(CCS(=O)(=O)c1cc2c3c(c1)CCN3C(=O)CC2)NC1CCCCCCC1. The van der Waals surface area contributed by atoms with Crippen LogP contribution in [-0.4, -0.2) is 38.6 Å². The molecule has 1 fully saturated rings. The third-order valence-electron chi connectivity index (χ3n) is 6.45. The van der Waals surface area contributed by atoms with Gasteiger partial charge in [0.05, 0.1) is 16.3 Å². The Labute approximate surface area is 173 Å². The molecule has 0 aromatic heterocycles. The number of nitrogens with zero attached hydrogens (tertiary/aromatic N) is 1. The number of benzene rings is 1. The first-order valence-corrected chi connectivity index (χ1v) is 12.6. The van der Waals surface area contributed by atoms with Crippen molar-refractivity contribution in [2.75, 3.05) is 17.2 Å². The molecule has 2 aliphatic heterocycles. The van der Waals surface area contributed by atoms with E-state index in [2.05, 4.69) is 5.32 Å². The van der Waals surface area contributed by atoms with Gasteiger partial charge in [0, 0.05) is 25.4 Å². The standard InChI is InChI=1S/C22H30N2O4S/c25-20(23-18-6-4-2-1-3-5-7-18)11-13-29(27,28)19-14-16-8-9-21(26)24-12-10-17(15-19)22(16)24/h14-15,18H,1-13H2,(H,23,25). The number of anilines is 1. The van der Waals surface area contributed by atoms with Crippen molar-refractivity contribution >= 4 is 27.3 Å². The number of nitrogens with one attached hydrogen (secondary N) is 1. The maximum absolute atomic E-state index is 12.9. The first-order valence-electron chi connectivity index (χ1n) is 10.9. The van der Waals surface area contributed by atoms with Gasteiger partial charge >= 0.3 is 0 Å². The Kier molecular flexibility index (Phi) is 5.95. The minimum atomic E-state index is -3.53. The van der Waals surface area contributed by atoms with Gasteiger partial charge in [0.15, 0.2) is 9.84 Å². The summed E-state index contributed by atoms with van der Waals surface area (Å²) in [5, 5.41) is 3.05. The molecule has 2 amide bonds. The van der Waals surface area contributed by atoms with Crippen LogP contribution in [0.15, 0.2) is 17.0 Å². The quantitative estimate of drug-likeness (QED) is 0.797. The van der Waals surface area contributed by atoms with Crippen molar-refractivity contribution in [3.8, 4) is 0 Å². The summed E-state index contributed by atoms with van der Waals surface area (Å²) in [4.78, 5) is 26.5. The first kappa shape index (κ1) is 20.4. The number of carbonyl (C=O) groups is 2. The highest BCUT2D eigenvalue weighted by Gasteiger charge is 2.33. The minimum absolute atomic E-state index is 0.00410. The lowest BCUT2D eigenvalue weighted by Crippen LogP contribution is -2.36. The zero-order chi connectivity index (χ0) is 20.4. The average molecular weight is 419 g/mol. The summed E-state index contributed by atoms with van der Waals surface area (Å²) in [6.45, 7) is 0.633. The van der Waals surface area contributed by atoms with Crippen molar-refractivity contribution in [3.05, 3.63) is 23.3 Å². The molecule has 4 rings (SSSR count). The van der Waals surface area contributed by atoms with Crippen molar-refractivity contribution in [1.29, 1.82) is 0 Å². The fourth-order valence-electron chi connectivity index (χ4n) is 4.85. The van der Waals surface area contributed by atoms with Crippen LogP contribution >= 0.6 is 0 Å². The summed E-state index contributed by atoms with van der Waals surface area (Å²) >= 11 is 0. The normalized spacial score (nSPS) is 20.1. The molecule has 7 heteroatoms. The molecular formula is C22H30N2O4S. The van der Waals surface area contributed by atoms with E-state index < -0.39 is 9.84 Å². The average Bonchev–Trinajstić information content (AvgIpc) is 3.11. The molecular weight excluding hydrogens is 388 g/mol. The number of sulfone groups is 1. The Hall–Kier alpha value is -1.89. The van der Waals surface area contributed by atoms with E-state index >= 15 is 0 Å². The second-order valence-corrected chi connectivity index (χ2v) is 10.7. The molecule has 0 spiro atoms.